The molecule has 0 aromatic heterocycles. The molecule has 122 valence electrons. The summed E-state index contributed by atoms with van der Waals surface area (Å²) in [6, 6.07) is 3.34. The lowest BCUT2D eigenvalue weighted by molar-refractivity contribution is -0.393. The number of hydrogen-bond acceptors (Lipinski definition) is 6. The molecule has 0 spiro atoms. The molecule has 0 unspecified atom stereocenters. The molecule has 0 atom stereocenters. The summed E-state index contributed by atoms with van der Waals surface area (Å²) in [5.74, 6) is 0. The molecule has 0 aliphatic heterocycles. The maximum atomic E-state index is 11.0. The number of hydrazone groups is 1. The van der Waals surface area contributed by atoms with Gasteiger partial charge in [0.2, 0.25) is 0 Å². The SMILES string of the molecule is CC(C)=CCC(C)=CC=NNc1ccc([N+](=O)[O-])cc1[N+](=O)[O-]. The van der Waals surface area contributed by atoms with Gasteiger partial charge in [0.1, 0.15) is 5.69 Å². The van der Waals surface area contributed by atoms with Crippen LogP contribution in [0.2, 0.25) is 0 Å². The van der Waals surface area contributed by atoms with Crippen LogP contribution in [0, 0.1) is 20.2 Å². The Bertz CT molecular complexity index is 689. The monoisotopic (exact) mass is 318 g/mol. The number of nitrogens with one attached hydrogen (secondary N) is 1. The van der Waals surface area contributed by atoms with Crippen LogP contribution in [0.5, 0.6) is 0 Å². The third kappa shape index (κ3) is 6.08. The fourth-order valence-corrected chi connectivity index (χ4v) is 1.58. The molecular weight excluding hydrogens is 300 g/mol. The molecule has 1 N–H and O–H groups in total. The average molecular weight is 318 g/mol. The molecule has 0 fully saturated rings. The molecule has 8 nitrogen and oxygen atoms in total. The van der Waals surface area contributed by atoms with Crippen LogP contribution in [0.1, 0.15) is 27.2 Å². The molecule has 0 aliphatic rings. The third-order valence-electron chi connectivity index (χ3n) is 2.84. The highest BCUT2D eigenvalue weighted by Gasteiger charge is 2.18. The Morgan fingerprint density at radius 1 is 1.22 bits per heavy atom. The predicted molar refractivity (Wildman–Crippen MR) is 89.7 cm³/mol. The van der Waals surface area contributed by atoms with Gasteiger partial charge in [0, 0.05) is 12.3 Å². The topological polar surface area (TPSA) is 111 Å². The van der Waals surface area contributed by atoms with Crippen LogP contribution in [0.4, 0.5) is 17.1 Å². The minimum Gasteiger partial charge on any atom is -0.272 e. The van der Waals surface area contributed by atoms with Crippen LogP contribution < -0.4 is 5.43 Å². The molecule has 0 bridgehead atoms. The van der Waals surface area contributed by atoms with E-state index in [0.29, 0.717) is 0 Å². The summed E-state index contributed by atoms with van der Waals surface area (Å²) in [6.45, 7) is 5.97. The first kappa shape index (κ1) is 18.0. The lowest BCUT2D eigenvalue weighted by Crippen LogP contribution is -1.98. The molecular formula is C15H18N4O4. The van der Waals surface area contributed by atoms with Crippen molar-refractivity contribution < 1.29 is 9.85 Å². The number of nitro groups is 2. The van der Waals surface area contributed by atoms with Crippen molar-refractivity contribution in [1.82, 2.24) is 0 Å². The van der Waals surface area contributed by atoms with Crippen LogP contribution in [0.25, 0.3) is 0 Å². The van der Waals surface area contributed by atoms with Crippen LogP contribution in [-0.2, 0) is 0 Å². The second kappa shape index (κ2) is 8.42. The van der Waals surface area contributed by atoms with Gasteiger partial charge in [0.05, 0.1) is 15.9 Å². The number of non-ortho nitro benzene ring substituents is 1. The van der Waals surface area contributed by atoms with E-state index >= 15 is 0 Å². The maximum Gasteiger partial charge on any atom is 0.301 e. The summed E-state index contributed by atoms with van der Waals surface area (Å²) < 4.78 is 0. The smallest absolute Gasteiger partial charge is 0.272 e. The Balaban J connectivity index is 2.83. The molecule has 0 radical (unpaired) electrons. The Labute approximate surface area is 133 Å². The van der Waals surface area contributed by atoms with Crippen molar-refractivity contribution in [3.8, 4) is 0 Å². The standard InChI is InChI=1S/C15H18N4O4/c1-11(2)4-5-12(3)8-9-16-17-14-7-6-13(18(20)21)10-15(14)19(22)23/h4,6-10,17H,5H2,1-3H3. The van der Waals surface area contributed by atoms with E-state index in [2.05, 4.69) is 16.6 Å². The van der Waals surface area contributed by atoms with Gasteiger partial charge in [-0.3, -0.25) is 25.7 Å². The summed E-state index contributed by atoms with van der Waals surface area (Å²) in [6.07, 6.45) is 6.14. The van der Waals surface area contributed by atoms with E-state index < -0.39 is 15.5 Å². The second-order valence-corrected chi connectivity index (χ2v) is 5.10. The van der Waals surface area contributed by atoms with Gasteiger partial charge in [0.15, 0.2) is 0 Å². The largest absolute Gasteiger partial charge is 0.301 e. The zero-order valence-corrected chi connectivity index (χ0v) is 13.1. The van der Waals surface area contributed by atoms with Crippen molar-refractivity contribution in [2.45, 2.75) is 27.2 Å². The number of rotatable bonds is 7. The molecule has 0 aliphatic carbocycles. The maximum absolute atomic E-state index is 11.0. The molecule has 1 rings (SSSR count). The zero-order chi connectivity index (χ0) is 17.4. The van der Waals surface area contributed by atoms with Crippen LogP contribution in [0.15, 0.2) is 46.6 Å². The Morgan fingerprint density at radius 3 is 2.48 bits per heavy atom. The summed E-state index contributed by atoms with van der Waals surface area (Å²) in [5.41, 5.74) is 4.17. The van der Waals surface area contributed by atoms with Gasteiger partial charge < -0.3 is 0 Å². The molecule has 0 amide bonds. The molecule has 8 heteroatoms. The van der Waals surface area contributed by atoms with Gasteiger partial charge in [-0.15, -0.1) is 0 Å². The molecule has 0 saturated carbocycles. The predicted octanol–water partition coefficient (Wildman–Crippen LogP) is 4.20. The number of nitro benzene ring substituents is 2. The van der Waals surface area contributed by atoms with Crippen molar-refractivity contribution in [2.24, 2.45) is 5.10 Å². The number of allylic oxidation sites excluding steroid dienone is 4. The average Bonchev–Trinajstić information content (AvgIpc) is 2.49. The van der Waals surface area contributed by atoms with Gasteiger partial charge in [-0.2, -0.15) is 5.10 Å². The summed E-state index contributed by atoms with van der Waals surface area (Å²) >= 11 is 0. The number of anilines is 1. The summed E-state index contributed by atoms with van der Waals surface area (Å²) in [7, 11) is 0. The molecule has 0 heterocycles. The first-order chi connectivity index (χ1) is 10.8. The minimum atomic E-state index is -0.694. The fourth-order valence-electron chi connectivity index (χ4n) is 1.58. The van der Waals surface area contributed by atoms with Gasteiger partial charge >= 0.3 is 5.69 Å². The summed E-state index contributed by atoms with van der Waals surface area (Å²) in [5, 5.41) is 25.5. The van der Waals surface area contributed by atoms with E-state index in [9.17, 15) is 20.2 Å². The van der Waals surface area contributed by atoms with E-state index in [-0.39, 0.29) is 11.4 Å². The van der Waals surface area contributed by atoms with Crippen molar-refractivity contribution in [2.75, 3.05) is 5.43 Å². The van der Waals surface area contributed by atoms with Gasteiger partial charge in [-0.25, -0.2) is 0 Å². The van der Waals surface area contributed by atoms with Crippen molar-refractivity contribution in [1.29, 1.82) is 0 Å². The first-order valence-electron chi connectivity index (χ1n) is 6.82. The van der Waals surface area contributed by atoms with E-state index in [0.717, 1.165) is 18.1 Å². The van der Waals surface area contributed by atoms with E-state index in [1.807, 2.05) is 20.8 Å². The Kier molecular flexibility index (Phi) is 6.60. The fraction of sp³-hybridized carbons (Fsp3) is 0.267. The van der Waals surface area contributed by atoms with Crippen molar-refractivity contribution in [3.63, 3.8) is 0 Å². The van der Waals surface area contributed by atoms with E-state index in [1.165, 1.54) is 23.9 Å². The van der Waals surface area contributed by atoms with E-state index in [4.69, 9.17) is 0 Å². The third-order valence-corrected chi connectivity index (χ3v) is 2.84. The van der Waals surface area contributed by atoms with Gasteiger partial charge in [-0.05, 0) is 39.3 Å². The minimum absolute atomic E-state index is 0.0900. The molecule has 1 aromatic rings. The number of benzene rings is 1. The highest BCUT2D eigenvalue weighted by molar-refractivity contribution is 5.74. The highest BCUT2D eigenvalue weighted by atomic mass is 16.6. The van der Waals surface area contributed by atoms with Crippen LogP contribution >= 0.6 is 0 Å². The lowest BCUT2D eigenvalue weighted by Gasteiger charge is -2.01. The second-order valence-electron chi connectivity index (χ2n) is 5.10. The van der Waals surface area contributed by atoms with Crippen LogP contribution in [-0.4, -0.2) is 16.1 Å². The highest BCUT2D eigenvalue weighted by Crippen LogP contribution is 2.28. The normalized spacial score (nSPS) is 11.3. The molecule has 23 heavy (non-hydrogen) atoms. The molecule has 1 aromatic carbocycles. The first-order valence-corrected chi connectivity index (χ1v) is 6.82. The van der Waals surface area contributed by atoms with E-state index in [1.54, 1.807) is 6.08 Å². The Morgan fingerprint density at radius 2 is 1.91 bits per heavy atom. The molecule has 0 saturated heterocycles. The van der Waals surface area contributed by atoms with Gasteiger partial charge in [0.25, 0.3) is 5.69 Å². The van der Waals surface area contributed by atoms with Crippen LogP contribution in [0.3, 0.4) is 0 Å². The van der Waals surface area contributed by atoms with Gasteiger partial charge in [-0.1, -0.05) is 17.2 Å². The quantitative estimate of drug-likeness (QED) is 0.350. The van der Waals surface area contributed by atoms with Crippen molar-refractivity contribution in [3.05, 3.63) is 61.7 Å². The number of hydrogen-bond donors (Lipinski definition) is 1. The lowest BCUT2D eigenvalue weighted by atomic mass is 10.1. The number of nitrogens with zero attached hydrogens (tertiary/aromatic N) is 3. The van der Waals surface area contributed by atoms with Crippen molar-refractivity contribution >= 4 is 23.3 Å². The zero-order valence-electron chi connectivity index (χ0n) is 13.1. The summed E-state index contributed by atoms with van der Waals surface area (Å²) in [4.78, 5) is 20.2. The Hall–Kier alpha value is -3.03.